The van der Waals surface area contributed by atoms with Gasteiger partial charge in [-0.25, -0.2) is 0 Å². The van der Waals surface area contributed by atoms with Gasteiger partial charge in [0, 0.05) is 43.6 Å². The number of carbonyl (C=O) groups is 1. The van der Waals surface area contributed by atoms with E-state index in [0.29, 0.717) is 6.42 Å². The second-order valence-corrected chi connectivity index (χ2v) is 6.48. The summed E-state index contributed by atoms with van der Waals surface area (Å²) in [6, 6.07) is 0.136. The van der Waals surface area contributed by atoms with Crippen molar-refractivity contribution < 1.29 is 18.0 Å². The number of fused-ring (bicyclic) bond motifs is 1. The molecule has 0 spiro atoms. The minimum atomic E-state index is -4.51. The van der Waals surface area contributed by atoms with E-state index in [-0.39, 0.29) is 49.8 Å². The highest BCUT2D eigenvalue weighted by atomic mass is 35.5. The molecule has 6 nitrogen and oxygen atoms in total. The Morgan fingerprint density at radius 3 is 2.78 bits per heavy atom. The third-order valence-electron chi connectivity index (χ3n) is 3.78. The van der Waals surface area contributed by atoms with Gasteiger partial charge in [-0.3, -0.25) is 4.79 Å². The highest BCUT2D eigenvalue weighted by Crippen LogP contribution is 2.29. The van der Waals surface area contributed by atoms with Crippen LogP contribution in [0.2, 0.25) is 0 Å². The van der Waals surface area contributed by atoms with Crippen molar-refractivity contribution in [2.24, 2.45) is 0 Å². The van der Waals surface area contributed by atoms with Gasteiger partial charge in [-0.05, 0) is 0 Å². The second kappa shape index (κ2) is 7.27. The zero-order valence-electron chi connectivity index (χ0n) is 12.2. The van der Waals surface area contributed by atoms with Crippen molar-refractivity contribution in [1.29, 1.82) is 0 Å². The fourth-order valence-electron chi connectivity index (χ4n) is 2.67. The standard InChI is InChI=1S/C12H16F3N5OS.ClH/c13-12(14,15)11-18-17-9-6-19(2-3-20(9)11)10(21)5-8-7-22-4-1-16-8;/h8,16H,1-7H2;1H. The predicted octanol–water partition coefficient (Wildman–Crippen LogP) is 1.16. The molecule has 1 aromatic rings. The van der Waals surface area contributed by atoms with Crippen LogP contribution < -0.4 is 5.32 Å². The summed E-state index contributed by atoms with van der Waals surface area (Å²) in [7, 11) is 0. The number of halogens is 4. The number of alkyl halides is 3. The molecule has 23 heavy (non-hydrogen) atoms. The van der Waals surface area contributed by atoms with Crippen LogP contribution in [0.15, 0.2) is 0 Å². The first-order valence-corrected chi connectivity index (χ1v) is 8.19. The predicted molar refractivity (Wildman–Crippen MR) is 81.4 cm³/mol. The van der Waals surface area contributed by atoms with Crippen molar-refractivity contribution in [3.05, 3.63) is 11.6 Å². The molecule has 2 aliphatic heterocycles. The number of carbonyl (C=O) groups excluding carboxylic acids is 1. The maximum absolute atomic E-state index is 12.8. The van der Waals surface area contributed by atoms with Gasteiger partial charge >= 0.3 is 6.18 Å². The molecule has 0 aromatic carbocycles. The van der Waals surface area contributed by atoms with E-state index in [1.165, 1.54) is 0 Å². The van der Waals surface area contributed by atoms with Crippen LogP contribution in [-0.2, 0) is 24.1 Å². The number of rotatable bonds is 2. The molecular weight excluding hydrogens is 355 g/mol. The number of thioether (sulfide) groups is 1. The highest BCUT2D eigenvalue weighted by molar-refractivity contribution is 7.99. The first kappa shape index (κ1) is 18.3. The van der Waals surface area contributed by atoms with Crippen molar-refractivity contribution in [3.8, 4) is 0 Å². The number of amides is 1. The maximum atomic E-state index is 12.8. The van der Waals surface area contributed by atoms with E-state index in [4.69, 9.17) is 0 Å². The van der Waals surface area contributed by atoms with E-state index in [2.05, 4.69) is 15.5 Å². The number of aromatic nitrogens is 3. The van der Waals surface area contributed by atoms with Crippen LogP contribution in [0.25, 0.3) is 0 Å². The molecule has 0 radical (unpaired) electrons. The molecule has 3 heterocycles. The first-order chi connectivity index (χ1) is 10.4. The summed E-state index contributed by atoms with van der Waals surface area (Å²) in [6.45, 7) is 1.30. The van der Waals surface area contributed by atoms with Gasteiger partial charge in [-0.15, -0.1) is 22.6 Å². The summed E-state index contributed by atoms with van der Waals surface area (Å²) in [4.78, 5) is 13.8. The molecule has 1 aromatic heterocycles. The third kappa shape index (κ3) is 4.10. The normalized spacial score (nSPS) is 21.5. The van der Waals surface area contributed by atoms with Gasteiger partial charge in [0.15, 0.2) is 5.82 Å². The first-order valence-electron chi connectivity index (χ1n) is 7.03. The molecule has 0 bridgehead atoms. The van der Waals surface area contributed by atoms with E-state index >= 15 is 0 Å². The molecule has 1 saturated heterocycles. The van der Waals surface area contributed by atoms with Gasteiger partial charge in [0.05, 0.1) is 6.54 Å². The fourth-order valence-corrected chi connectivity index (χ4v) is 3.62. The topological polar surface area (TPSA) is 63.1 Å². The van der Waals surface area contributed by atoms with Crippen LogP contribution >= 0.6 is 24.2 Å². The Bertz CT molecular complexity index is 561. The molecule has 2 aliphatic rings. The number of nitrogens with one attached hydrogen (secondary N) is 1. The average Bonchev–Trinajstić information content (AvgIpc) is 2.91. The smallest absolute Gasteiger partial charge is 0.333 e. The van der Waals surface area contributed by atoms with Crippen LogP contribution in [0.5, 0.6) is 0 Å². The number of hydrogen-bond acceptors (Lipinski definition) is 5. The molecule has 11 heteroatoms. The zero-order valence-corrected chi connectivity index (χ0v) is 13.8. The molecule has 1 atom stereocenters. The Morgan fingerprint density at radius 1 is 1.35 bits per heavy atom. The van der Waals surface area contributed by atoms with Gasteiger partial charge in [0.25, 0.3) is 0 Å². The van der Waals surface area contributed by atoms with Crippen LogP contribution in [0.1, 0.15) is 18.1 Å². The van der Waals surface area contributed by atoms with Crippen LogP contribution in [0.4, 0.5) is 13.2 Å². The highest BCUT2D eigenvalue weighted by Gasteiger charge is 2.40. The molecule has 1 N–H and O–H groups in total. The molecule has 1 unspecified atom stereocenters. The van der Waals surface area contributed by atoms with Crippen molar-refractivity contribution in [1.82, 2.24) is 25.0 Å². The third-order valence-corrected chi connectivity index (χ3v) is 4.91. The molecule has 1 amide bonds. The Kier molecular flexibility index (Phi) is 5.79. The number of hydrogen-bond donors (Lipinski definition) is 1. The Morgan fingerprint density at radius 2 is 2.13 bits per heavy atom. The summed E-state index contributed by atoms with van der Waals surface area (Å²) in [5.41, 5.74) is 0. The van der Waals surface area contributed by atoms with E-state index in [0.717, 1.165) is 22.6 Å². The monoisotopic (exact) mass is 371 g/mol. The van der Waals surface area contributed by atoms with E-state index < -0.39 is 12.0 Å². The Labute approximate surface area is 141 Å². The van der Waals surface area contributed by atoms with E-state index in [1.807, 2.05) is 0 Å². The van der Waals surface area contributed by atoms with Crippen molar-refractivity contribution in [2.75, 3.05) is 24.6 Å². The molecule has 3 rings (SSSR count). The lowest BCUT2D eigenvalue weighted by Crippen LogP contribution is -2.45. The maximum Gasteiger partial charge on any atom is 0.451 e. The lowest BCUT2D eigenvalue weighted by atomic mass is 10.2. The SMILES string of the molecule is Cl.O=C(CC1CSCCN1)N1CCn2c(nnc2C(F)(F)F)C1. The number of nitrogens with zero attached hydrogens (tertiary/aromatic N) is 4. The minimum absolute atomic E-state index is 0. The molecule has 0 saturated carbocycles. The fraction of sp³-hybridized carbons (Fsp3) is 0.750. The average molecular weight is 372 g/mol. The molecule has 0 aliphatic carbocycles. The van der Waals surface area contributed by atoms with Crippen molar-refractivity contribution in [2.45, 2.75) is 31.7 Å². The van der Waals surface area contributed by atoms with Crippen molar-refractivity contribution in [3.63, 3.8) is 0 Å². The molecule has 1 fully saturated rings. The quantitative estimate of drug-likeness (QED) is 0.845. The molecular formula is C12H17ClF3N5OS. The zero-order chi connectivity index (χ0) is 15.7. The van der Waals surface area contributed by atoms with Crippen LogP contribution in [0.3, 0.4) is 0 Å². The van der Waals surface area contributed by atoms with E-state index in [9.17, 15) is 18.0 Å². The molecule has 130 valence electrons. The minimum Gasteiger partial charge on any atom is -0.333 e. The van der Waals surface area contributed by atoms with Crippen LogP contribution in [0, 0.1) is 0 Å². The van der Waals surface area contributed by atoms with Crippen molar-refractivity contribution >= 4 is 30.1 Å². The van der Waals surface area contributed by atoms with Gasteiger partial charge in [-0.1, -0.05) is 0 Å². The largest absolute Gasteiger partial charge is 0.451 e. The summed E-state index contributed by atoms with van der Waals surface area (Å²) in [5, 5.41) is 10.1. The lowest BCUT2D eigenvalue weighted by molar-refractivity contribution is -0.148. The second-order valence-electron chi connectivity index (χ2n) is 5.33. The summed E-state index contributed by atoms with van der Waals surface area (Å²) >= 11 is 1.80. The summed E-state index contributed by atoms with van der Waals surface area (Å²) in [6.07, 6.45) is -4.14. The summed E-state index contributed by atoms with van der Waals surface area (Å²) < 4.78 is 39.3. The Balaban J connectivity index is 0.00000192. The summed E-state index contributed by atoms with van der Waals surface area (Å²) in [5.74, 6) is 1.08. The lowest BCUT2D eigenvalue weighted by Gasteiger charge is -2.30. The Hall–Kier alpha value is -1.00. The van der Waals surface area contributed by atoms with Crippen LogP contribution in [-0.4, -0.2) is 56.2 Å². The van der Waals surface area contributed by atoms with E-state index in [1.54, 1.807) is 16.7 Å². The van der Waals surface area contributed by atoms with Gasteiger partial charge < -0.3 is 14.8 Å². The van der Waals surface area contributed by atoms with Gasteiger partial charge in [-0.2, -0.15) is 24.9 Å². The van der Waals surface area contributed by atoms with Gasteiger partial charge in [0.2, 0.25) is 11.7 Å². The van der Waals surface area contributed by atoms with Gasteiger partial charge in [0.1, 0.15) is 0 Å².